The number of nitrogens with zero attached hydrogens (tertiary/aromatic N) is 1. The third kappa shape index (κ3) is 5.49. The summed E-state index contributed by atoms with van der Waals surface area (Å²) < 4.78 is 36.2. The Kier molecular flexibility index (Phi) is 8.55. The lowest BCUT2D eigenvalue weighted by Crippen LogP contribution is -2.50. The van der Waals surface area contributed by atoms with Crippen LogP contribution in [-0.4, -0.2) is 27.6 Å². The molecule has 4 rings (SSSR count). The van der Waals surface area contributed by atoms with Gasteiger partial charge in [-0.05, 0) is 71.3 Å². The van der Waals surface area contributed by atoms with E-state index in [-0.39, 0.29) is 12.0 Å². The minimum Gasteiger partial charge on any atom is -0.543 e. The Morgan fingerprint density at radius 2 is 1.32 bits per heavy atom. The van der Waals surface area contributed by atoms with E-state index in [9.17, 15) is 8.42 Å². The number of sulfonamides is 1. The van der Waals surface area contributed by atoms with Crippen molar-refractivity contribution in [3.05, 3.63) is 95.6 Å². The first-order valence-corrected chi connectivity index (χ1v) is 17.5. The van der Waals surface area contributed by atoms with Gasteiger partial charge in [-0.3, -0.25) is 0 Å². The fourth-order valence-corrected chi connectivity index (χ4v) is 13.4. The third-order valence-corrected chi connectivity index (χ3v) is 16.3. The van der Waals surface area contributed by atoms with E-state index in [1.165, 1.54) is 0 Å². The first-order valence-electron chi connectivity index (χ1n) is 13.9. The maximum Gasteiger partial charge on any atom is 0.258 e. The second kappa shape index (κ2) is 11.4. The van der Waals surface area contributed by atoms with Gasteiger partial charge in [-0.25, -0.2) is 8.42 Å². The van der Waals surface area contributed by atoms with Crippen LogP contribution in [0.5, 0.6) is 5.75 Å². The standard InChI is InChI=1S/C32H43NO3SSi/c1-23(2)38(24(3)4,25(5)6)36-30-17-15-27(16-18-30)29-21-32(28-11-9-8-10-12-28)33(22-29)37(34,35)31-19-13-26(7)14-20-31/h8-20,23-25,29,32H,21-22H2,1-7H3. The summed E-state index contributed by atoms with van der Waals surface area (Å²) in [5, 5.41) is 0. The van der Waals surface area contributed by atoms with Gasteiger partial charge in [-0.1, -0.05) is 102 Å². The molecule has 0 spiro atoms. The molecule has 3 aromatic rings. The summed E-state index contributed by atoms with van der Waals surface area (Å²) in [7, 11) is -5.68. The van der Waals surface area contributed by atoms with E-state index in [0.29, 0.717) is 28.1 Å². The van der Waals surface area contributed by atoms with Crippen molar-refractivity contribution in [1.82, 2.24) is 4.31 Å². The molecular weight excluding hydrogens is 507 g/mol. The van der Waals surface area contributed by atoms with Crippen LogP contribution >= 0.6 is 0 Å². The number of hydrogen-bond acceptors (Lipinski definition) is 3. The topological polar surface area (TPSA) is 46.6 Å². The van der Waals surface area contributed by atoms with E-state index in [1.807, 2.05) is 49.4 Å². The van der Waals surface area contributed by atoms with Gasteiger partial charge in [0.1, 0.15) is 5.75 Å². The molecule has 0 saturated carbocycles. The van der Waals surface area contributed by atoms with E-state index in [0.717, 1.165) is 28.9 Å². The molecule has 6 heteroatoms. The highest BCUT2D eigenvalue weighted by Gasteiger charge is 2.47. The third-order valence-electron chi connectivity index (χ3n) is 8.42. The SMILES string of the molecule is Cc1ccc(S(=O)(=O)N2CC(c3ccc(O[Si](C(C)C)(C(C)C)C(C)C)cc3)CC2c2ccccc2)cc1. The normalized spacial score (nSPS) is 19.0. The molecule has 4 nitrogen and oxygen atoms in total. The molecule has 0 amide bonds. The van der Waals surface area contributed by atoms with Crippen molar-refractivity contribution in [2.24, 2.45) is 0 Å². The molecule has 0 bridgehead atoms. The smallest absolute Gasteiger partial charge is 0.258 e. The largest absolute Gasteiger partial charge is 0.543 e. The van der Waals surface area contributed by atoms with Crippen LogP contribution in [0.1, 0.15) is 76.6 Å². The summed E-state index contributed by atoms with van der Waals surface area (Å²) in [5.74, 6) is 1.04. The van der Waals surface area contributed by atoms with E-state index >= 15 is 0 Å². The zero-order valence-electron chi connectivity index (χ0n) is 23.9. The molecule has 204 valence electrons. The van der Waals surface area contributed by atoms with E-state index < -0.39 is 18.3 Å². The van der Waals surface area contributed by atoms with Crippen molar-refractivity contribution in [3.63, 3.8) is 0 Å². The monoisotopic (exact) mass is 549 g/mol. The summed E-state index contributed by atoms with van der Waals surface area (Å²) >= 11 is 0. The Morgan fingerprint density at radius 3 is 1.84 bits per heavy atom. The molecule has 1 saturated heterocycles. The highest BCUT2D eigenvalue weighted by Crippen LogP contribution is 2.45. The van der Waals surface area contributed by atoms with Crippen LogP contribution in [-0.2, 0) is 10.0 Å². The number of hydrogen-bond donors (Lipinski definition) is 0. The van der Waals surface area contributed by atoms with E-state index in [2.05, 4.69) is 65.8 Å². The summed E-state index contributed by atoms with van der Waals surface area (Å²) in [6.07, 6.45) is 0.748. The van der Waals surface area contributed by atoms with Crippen molar-refractivity contribution in [2.75, 3.05) is 6.54 Å². The second-order valence-corrected chi connectivity index (χ2v) is 19.0. The molecule has 0 aromatic heterocycles. The van der Waals surface area contributed by atoms with Crippen LogP contribution in [0.4, 0.5) is 0 Å². The van der Waals surface area contributed by atoms with Crippen LogP contribution in [0.25, 0.3) is 0 Å². The molecule has 38 heavy (non-hydrogen) atoms. The van der Waals surface area contributed by atoms with Crippen LogP contribution in [0.15, 0.2) is 83.8 Å². The summed E-state index contributed by atoms with van der Waals surface area (Å²) in [6, 6.07) is 25.5. The number of rotatable bonds is 9. The average Bonchev–Trinajstić information content (AvgIpc) is 3.34. The lowest BCUT2D eigenvalue weighted by molar-refractivity contribution is 0.396. The Bertz CT molecular complexity index is 1280. The van der Waals surface area contributed by atoms with E-state index in [1.54, 1.807) is 16.4 Å². The Balaban J connectivity index is 1.63. The van der Waals surface area contributed by atoms with Gasteiger partial charge in [-0.2, -0.15) is 4.31 Å². The molecule has 3 aromatic carbocycles. The van der Waals surface area contributed by atoms with Crippen LogP contribution < -0.4 is 4.43 Å². The summed E-state index contributed by atoms with van der Waals surface area (Å²) in [6.45, 7) is 16.2. The van der Waals surface area contributed by atoms with Gasteiger partial charge in [0.05, 0.1) is 10.9 Å². The quantitative estimate of drug-likeness (QED) is 0.252. The van der Waals surface area contributed by atoms with Crippen LogP contribution in [0.3, 0.4) is 0 Å². The molecule has 2 atom stereocenters. The lowest BCUT2D eigenvalue weighted by atomic mass is 9.94. The number of benzene rings is 3. The molecular formula is C32H43NO3SSi. The second-order valence-electron chi connectivity index (χ2n) is 11.7. The minimum absolute atomic E-state index is 0.108. The van der Waals surface area contributed by atoms with Gasteiger partial charge in [0.25, 0.3) is 8.32 Å². The van der Waals surface area contributed by atoms with Crippen LogP contribution in [0.2, 0.25) is 16.6 Å². The molecule has 1 aliphatic heterocycles. The minimum atomic E-state index is -3.64. The van der Waals surface area contributed by atoms with Crippen molar-refractivity contribution in [2.45, 2.75) is 88.4 Å². The van der Waals surface area contributed by atoms with E-state index in [4.69, 9.17) is 4.43 Å². The Morgan fingerprint density at radius 1 is 0.763 bits per heavy atom. The van der Waals surface area contributed by atoms with Crippen molar-refractivity contribution in [1.29, 1.82) is 0 Å². The van der Waals surface area contributed by atoms with Gasteiger partial charge in [0.15, 0.2) is 0 Å². The first kappa shape index (κ1) is 28.6. The van der Waals surface area contributed by atoms with Crippen molar-refractivity contribution in [3.8, 4) is 5.75 Å². The Hall–Kier alpha value is -2.41. The maximum atomic E-state index is 13.8. The van der Waals surface area contributed by atoms with Crippen molar-refractivity contribution < 1.29 is 12.8 Å². The van der Waals surface area contributed by atoms with Crippen LogP contribution in [0, 0.1) is 6.92 Å². The zero-order valence-corrected chi connectivity index (χ0v) is 25.7. The lowest BCUT2D eigenvalue weighted by Gasteiger charge is -2.42. The number of aryl methyl sites for hydroxylation is 1. The van der Waals surface area contributed by atoms with Gasteiger partial charge in [0, 0.05) is 6.54 Å². The fraction of sp³-hybridized carbons (Fsp3) is 0.438. The maximum absolute atomic E-state index is 13.8. The van der Waals surface area contributed by atoms with Gasteiger partial charge < -0.3 is 4.43 Å². The molecule has 0 radical (unpaired) electrons. The molecule has 1 fully saturated rings. The molecule has 1 heterocycles. The molecule has 0 aliphatic carbocycles. The summed E-state index contributed by atoms with van der Waals surface area (Å²) in [4.78, 5) is 0.353. The highest BCUT2D eigenvalue weighted by atomic mass is 32.2. The molecule has 1 aliphatic rings. The van der Waals surface area contributed by atoms with Gasteiger partial charge in [0.2, 0.25) is 10.0 Å². The summed E-state index contributed by atoms with van der Waals surface area (Å²) in [5.41, 5.74) is 4.75. The predicted molar refractivity (Wildman–Crippen MR) is 160 cm³/mol. The first-order chi connectivity index (χ1) is 18.0. The predicted octanol–water partition coefficient (Wildman–Crippen LogP) is 8.47. The molecule has 0 N–H and O–H groups in total. The van der Waals surface area contributed by atoms with Gasteiger partial charge in [-0.15, -0.1) is 0 Å². The average molecular weight is 550 g/mol. The van der Waals surface area contributed by atoms with Crippen molar-refractivity contribution >= 4 is 18.3 Å². The zero-order chi connectivity index (χ0) is 27.7. The molecule has 2 unspecified atom stereocenters. The van der Waals surface area contributed by atoms with Gasteiger partial charge >= 0.3 is 0 Å². The fourth-order valence-electron chi connectivity index (χ4n) is 6.50. The Labute approximate surface area is 231 Å². The highest BCUT2D eigenvalue weighted by molar-refractivity contribution is 7.89.